The molecule has 0 aliphatic rings. The van der Waals surface area contributed by atoms with Crippen LogP contribution in [-0.2, 0) is 14.2 Å². The molecule has 0 saturated carbocycles. The summed E-state index contributed by atoms with van der Waals surface area (Å²) in [7, 11) is 0. The molecule has 0 rings (SSSR count). The first-order valence-corrected chi connectivity index (χ1v) is 6.97. The van der Waals surface area contributed by atoms with Gasteiger partial charge in [-0.1, -0.05) is 13.8 Å². The maximum atomic E-state index is 8.46. The summed E-state index contributed by atoms with van der Waals surface area (Å²) in [5.41, 5.74) is 6.12. The van der Waals surface area contributed by atoms with Crippen LogP contribution in [0.1, 0.15) is 20.8 Å². The van der Waals surface area contributed by atoms with Gasteiger partial charge in [-0.3, -0.25) is 0 Å². The second kappa shape index (κ2) is 18.1. The zero-order valence-electron chi connectivity index (χ0n) is 13.0. The molecule has 0 radical (unpaired) electrons. The molecule has 122 valence electrons. The van der Waals surface area contributed by atoms with Gasteiger partial charge in [0.25, 0.3) is 0 Å². The van der Waals surface area contributed by atoms with Gasteiger partial charge in [-0.25, -0.2) is 5.84 Å². The molecule has 0 aliphatic heterocycles. The monoisotopic (exact) mass is 293 g/mol. The van der Waals surface area contributed by atoms with Crippen molar-refractivity contribution < 1.29 is 19.3 Å². The van der Waals surface area contributed by atoms with E-state index in [2.05, 4.69) is 0 Å². The molecule has 0 unspecified atom stereocenters. The van der Waals surface area contributed by atoms with E-state index in [1.165, 1.54) is 11.2 Å². The number of nitrogens with two attached hydrogens (primary N) is 2. The molecule has 7 nitrogen and oxygen atoms in total. The largest absolute Gasteiger partial charge is 0.403 e. The summed E-state index contributed by atoms with van der Waals surface area (Å²) in [4.78, 5) is 0. The molecule has 0 saturated heterocycles. The van der Waals surface area contributed by atoms with Crippen molar-refractivity contribution in [3.05, 3.63) is 11.9 Å². The lowest BCUT2D eigenvalue weighted by Gasteiger charge is -2.18. The van der Waals surface area contributed by atoms with Crippen LogP contribution in [0.5, 0.6) is 0 Å². The first-order chi connectivity index (χ1) is 9.72. The Labute approximate surface area is 122 Å². The molecule has 7 heteroatoms. The highest BCUT2D eigenvalue weighted by atomic mass is 16.5. The second-order valence-corrected chi connectivity index (χ2v) is 3.56. The first kappa shape index (κ1) is 21.4. The van der Waals surface area contributed by atoms with Gasteiger partial charge in [0, 0.05) is 11.9 Å². The van der Waals surface area contributed by atoms with Crippen LogP contribution in [0, 0.1) is 0 Å². The van der Waals surface area contributed by atoms with E-state index in [9.17, 15) is 0 Å². The van der Waals surface area contributed by atoms with Crippen LogP contribution in [0.3, 0.4) is 0 Å². The number of nitrogens with zero attached hydrogens (tertiary/aromatic N) is 1. The van der Waals surface area contributed by atoms with Crippen LogP contribution >= 0.6 is 0 Å². The van der Waals surface area contributed by atoms with Gasteiger partial charge in [0.05, 0.1) is 52.8 Å². The van der Waals surface area contributed by atoms with E-state index in [1.54, 1.807) is 0 Å². The minimum Gasteiger partial charge on any atom is -0.403 e. The summed E-state index contributed by atoms with van der Waals surface area (Å²) in [6.45, 7) is 9.33. The van der Waals surface area contributed by atoms with Crippen LogP contribution in [0.2, 0.25) is 0 Å². The predicted octanol–water partition coefficient (Wildman–Crippen LogP) is 0.0504. The number of aliphatic hydroxyl groups excluding tert-OH is 1. The van der Waals surface area contributed by atoms with E-state index in [0.717, 1.165) is 5.70 Å². The van der Waals surface area contributed by atoms with Crippen molar-refractivity contribution in [2.24, 2.45) is 11.6 Å². The van der Waals surface area contributed by atoms with E-state index >= 15 is 0 Å². The van der Waals surface area contributed by atoms with Crippen LogP contribution in [0.15, 0.2) is 11.9 Å². The number of ether oxygens (including phenoxy) is 3. The average Bonchev–Trinajstić information content (AvgIpc) is 2.50. The maximum Gasteiger partial charge on any atom is 0.0701 e. The molecule has 0 aromatic carbocycles. The second-order valence-electron chi connectivity index (χ2n) is 3.56. The molecule has 0 spiro atoms. The van der Waals surface area contributed by atoms with E-state index in [-0.39, 0.29) is 6.61 Å². The fourth-order valence-electron chi connectivity index (χ4n) is 1.04. The van der Waals surface area contributed by atoms with E-state index < -0.39 is 0 Å². The SMILES string of the molecule is C/C(=C/N)N(N)CCOCCOCCOCCO.CC. The molecule has 0 aromatic rings. The third kappa shape index (κ3) is 15.2. The lowest BCUT2D eigenvalue weighted by Crippen LogP contribution is -2.33. The fraction of sp³-hybridized carbons (Fsp3) is 0.846. The minimum absolute atomic E-state index is 0.0371. The molecule has 0 amide bonds. The summed E-state index contributed by atoms with van der Waals surface area (Å²) in [5.74, 6) is 5.67. The highest BCUT2D eigenvalue weighted by Gasteiger charge is 1.98. The molecule has 0 fully saturated rings. The van der Waals surface area contributed by atoms with Crippen molar-refractivity contribution in [2.45, 2.75) is 20.8 Å². The maximum absolute atomic E-state index is 8.46. The number of hydrogen-bond acceptors (Lipinski definition) is 7. The van der Waals surface area contributed by atoms with Crippen molar-refractivity contribution in [3.63, 3.8) is 0 Å². The molecule has 0 aliphatic carbocycles. The zero-order valence-corrected chi connectivity index (χ0v) is 13.0. The average molecular weight is 293 g/mol. The quantitative estimate of drug-likeness (QED) is 0.265. The highest BCUT2D eigenvalue weighted by Crippen LogP contribution is 1.93. The number of allylic oxidation sites excluding steroid dienone is 1. The Bertz CT molecular complexity index is 216. The summed E-state index contributed by atoms with van der Waals surface area (Å²) >= 11 is 0. The van der Waals surface area contributed by atoms with Gasteiger partial charge in [0.1, 0.15) is 0 Å². The topological polar surface area (TPSA) is 103 Å². The number of rotatable bonds is 12. The third-order valence-electron chi connectivity index (χ3n) is 2.15. The molecule has 0 aromatic heterocycles. The van der Waals surface area contributed by atoms with Crippen molar-refractivity contribution >= 4 is 0 Å². The highest BCUT2D eigenvalue weighted by molar-refractivity contribution is 4.91. The van der Waals surface area contributed by atoms with E-state index in [0.29, 0.717) is 46.2 Å². The Hall–Kier alpha value is -0.860. The van der Waals surface area contributed by atoms with Gasteiger partial charge >= 0.3 is 0 Å². The molecule has 20 heavy (non-hydrogen) atoms. The van der Waals surface area contributed by atoms with Gasteiger partial charge < -0.3 is 30.1 Å². The number of aliphatic hydroxyl groups is 1. The van der Waals surface area contributed by atoms with Crippen molar-refractivity contribution in [1.82, 2.24) is 5.01 Å². The molecule has 5 N–H and O–H groups in total. The molecule has 0 bridgehead atoms. The lowest BCUT2D eigenvalue weighted by molar-refractivity contribution is 0.00559. The predicted molar refractivity (Wildman–Crippen MR) is 79.7 cm³/mol. The smallest absolute Gasteiger partial charge is 0.0701 e. The van der Waals surface area contributed by atoms with Crippen molar-refractivity contribution in [1.29, 1.82) is 0 Å². The fourth-order valence-corrected chi connectivity index (χ4v) is 1.04. The Morgan fingerprint density at radius 2 is 1.45 bits per heavy atom. The van der Waals surface area contributed by atoms with Gasteiger partial charge in [-0.2, -0.15) is 0 Å². The number of hydrazine groups is 1. The van der Waals surface area contributed by atoms with Crippen LogP contribution < -0.4 is 11.6 Å². The van der Waals surface area contributed by atoms with Crippen molar-refractivity contribution in [2.75, 3.05) is 52.8 Å². The number of hydrogen-bond donors (Lipinski definition) is 3. The van der Waals surface area contributed by atoms with Gasteiger partial charge in [0.15, 0.2) is 0 Å². The van der Waals surface area contributed by atoms with Crippen LogP contribution in [0.25, 0.3) is 0 Å². The zero-order chi connectivity index (χ0) is 15.6. The van der Waals surface area contributed by atoms with Gasteiger partial charge in [0.2, 0.25) is 0 Å². The molecule has 0 heterocycles. The van der Waals surface area contributed by atoms with E-state index in [4.69, 9.17) is 30.9 Å². The summed E-state index contributed by atoms with van der Waals surface area (Å²) in [6, 6.07) is 0. The first-order valence-electron chi connectivity index (χ1n) is 6.97. The van der Waals surface area contributed by atoms with Gasteiger partial charge in [-0.05, 0) is 6.92 Å². The van der Waals surface area contributed by atoms with Crippen LogP contribution in [-0.4, -0.2) is 62.9 Å². The minimum atomic E-state index is 0.0371. The summed E-state index contributed by atoms with van der Waals surface area (Å²) < 4.78 is 15.6. The normalized spacial score (nSPS) is 10.9. The summed E-state index contributed by atoms with van der Waals surface area (Å²) in [6.07, 6.45) is 1.45. The molecule has 0 atom stereocenters. The van der Waals surface area contributed by atoms with E-state index in [1.807, 2.05) is 20.8 Å². The van der Waals surface area contributed by atoms with Gasteiger partial charge in [-0.15, -0.1) is 0 Å². The summed E-state index contributed by atoms with van der Waals surface area (Å²) in [5, 5.41) is 9.99. The Morgan fingerprint density at radius 1 is 1.00 bits per heavy atom. The van der Waals surface area contributed by atoms with Crippen LogP contribution in [0.4, 0.5) is 0 Å². The van der Waals surface area contributed by atoms with Crippen molar-refractivity contribution in [3.8, 4) is 0 Å². The molecular formula is C13H31N3O4. The Kier molecular flexibility index (Phi) is 19.4. The molecular weight excluding hydrogens is 262 g/mol. The standard InChI is InChI=1S/C11H25N3O4.C2H6/c1-11(10-12)14(13)2-4-16-6-8-18-9-7-17-5-3-15;1-2/h10,15H,2-9,12-13H2,1H3;1-2H3/b11-10-;. The Morgan fingerprint density at radius 3 is 1.90 bits per heavy atom. The lowest BCUT2D eigenvalue weighted by atomic mass is 10.5. The Balaban J connectivity index is 0. The third-order valence-corrected chi connectivity index (χ3v) is 2.15.